The summed E-state index contributed by atoms with van der Waals surface area (Å²) in [4.78, 5) is 0. The van der Waals surface area contributed by atoms with Crippen molar-refractivity contribution in [2.75, 3.05) is 0 Å². The van der Waals surface area contributed by atoms with E-state index in [0.717, 1.165) is 32.7 Å². The maximum Gasteiger partial charge on any atom is 0.116 e. The Morgan fingerprint density at radius 3 is 1.56 bits per heavy atom. The molecule has 0 atom stereocenters. The number of phenols is 1. The van der Waals surface area contributed by atoms with Gasteiger partial charge in [0.15, 0.2) is 0 Å². The molecule has 0 aliphatic carbocycles. The van der Waals surface area contributed by atoms with E-state index in [1.165, 1.54) is 0 Å². The summed E-state index contributed by atoms with van der Waals surface area (Å²) in [6.45, 7) is 12.6. The molecule has 0 aliphatic rings. The molecule has 0 radical (unpaired) electrons. The Morgan fingerprint density at radius 2 is 1.07 bits per heavy atom. The maximum atomic E-state index is 10.1. The average molecular weight is 354 g/mol. The standard InChI is InChI=1S/C26H26O/c1-25(2,3)15-13-22-19-9-7-8-10-20(19)23(14-16-26(4,5)6)24-17-18(27)11-12-21(22)24/h7-12,17,27H,1-6H3. The van der Waals surface area contributed by atoms with Gasteiger partial charge in [-0.2, -0.15) is 0 Å². The minimum Gasteiger partial charge on any atom is -0.508 e. The highest BCUT2D eigenvalue weighted by Crippen LogP contribution is 2.34. The van der Waals surface area contributed by atoms with Crippen LogP contribution in [-0.2, 0) is 0 Å². The lowest BCUT2D eigenvalue weighted by Crippen LogP contribution is -2.00. The summed E-state index contributed by atoms with van der Waals surface area (Å²) in [5.74, 6) is 13.8. The van der Waals surface area contributed by atoms with Crippen molar-refractivity contribution >= 4 is 21.5 Å². The first-order valence-corrected chi connectivity index (χ1v) is 9.29. The van der Waals surface area contributed by atoms with Crippen molar-refractivity contribution in [3.63, 3.8) is 0 Å². The molecule has 1 nitrogen and oxygen atoms in total. The molecular formula is C26H26O. The number of fused-ring (bicyclic) bond motifs is 2. The van der Waals surface area contributed by atoms with Gasteiger partial charge < -0.3 is 5.11 Å². The molecule has 27 heavy (non-hydrogen) atoms. The largest absolute Gasteiger partial charge is 0.508 e. The Kier molecular flexibility index (Phi) is 4.67. The van der Waals surface area contributed by atoms with Gasteiger partial charge in [0.1, 0.15) is 5.75 Å². The van der Waals surface area contributed by atoms with Crippen LogP contribution in [0.4, 0.5) is 0 Å². The predicted octanol–water partition coefficient (Wildman–Crippen LogP) is 6.49. The van der Waals surface area contributed by atoms with Crippen LogP contribution < -0.4 is 0 Å². The van der Waals surface area contributed by atoms with Gasteiger partial charge >= 0.3 is 0 Å². The highest BCUT2D eigenvalue weighted by Gasteiger charge is 2.14. The number of rotatable bonds is 0. The Hall–Kier alpha value is -2.90. The molecule has 0 amide bonds. The third-order valence-electron chi connectivity index (χ3n) is 4.13. The van der Waals surface area contributed by atoms with Crippen LogP contribution in [0, 0.1) is 34.5 Å². The number of benzene rings is 3. The van der Waals surface area contributed by atoms with E-state index < -0.39 is 0 Å². The number of hydrogen-bond donors (Lipinski definition) is 1. The topological polar surface area (TPSA) is 20.2 Å². The van der Waals surface area contributed by atoms with Gasteiger partial charge in [-0.25, -0.2) is 0 Å². The van der Waals surface area contributed by atoms with Crippen LogP contribution in [0.2, 0.25) is 0 Å². The Labute approximate surface area is 162 Å². The first-order valence-electron chi connectivity index (χ1n) is 9.29. The quantitative estimate of drug-likeness (QED) is 0.361. The zero-order valence-corrected chi connectivity index (χ0v) is 17.0. The molecule has 0 aliphatic heterocycles. The first kappa shape index (κ1) is 18.9. The van der Waals surface area contributed by atoms with Crippen molar-refractivity contribution in [2.45, 2.75) is 41.5 Å². The lowest BCUT2D eigenvalue weighted by Gasteiger charge is -2.13. The smallest absolute Gasteiger partial charge is 0.116 e. The van der Waals surface area contributed by atoms with Crippen molar-refractivity contribution < 1.29 is 5.11 Å². The van der Waals surface area contributed by atoms with Gasteiger partial charge in [0, 0.05) is 27.3 Å². The number of hydrogen-bond acceptors (Lipinski definition) is 1. The Balaban J connectivity index is 2.50. The minimum absolute atomic E-state index is 0.0882. The molecule has 0 fully saturated rings. The summed E-state index contributed by atoms with van der Waals surface area (Å²) in [5, 5.41) is 14.3. The second-order valence-electron chi connectivity index (χ2n) is 9.03. The zero-order valence-electron chi connectivity index (χ0n) is 17.0. The molecule has 136 valence electrons. The fourth-order valence-corrected chi connectivity index (χ4v) is 2.94. The van der Waals surface area contributed by atoms with Gasteiger partial charge in [0.2, 0.25) is 0 Å². The molecule has 1 heteroatoms. The van der Waals surface area contributed by atoms with Crippen LogP contribution >= 0.6 is 0 Å². The van der Waals surface area contributed by atoms with Gasteiger partial charge in [-0.05, 0) is 75.9 Å². The van der Waals surface area contributed by atoms with Crippen LogP contribution in [0.1, 0.15) is 52.7 Å². The van der Waals surface area contributed by atoms with Crippen molar-refractivity contribution in [3.05, 3.63) is 53.6 Å². The molecule has 3 rings (SSSR count). The molecule has 1 N–H and O–H groups in total. The second-order valence-corrected chi connectivity index (χ2v) is 9.03. The van der Waals surface area contributed by atoms with Crippen molar-refractivity contribution in [3.8, 4) is 29.4 Å². The van der Waals surface area contributed by atoms with E-state index in [1.54, 1.807) is 12.1 Å². The third kappa shape index (κ3) is 4.27. The molecule has 3 aromatic carbocycles. The summed E-state index contributed by atoms with van der Waals surface area (Å²) in [7, 11) is 0. The molecule has 0 spiro atoms. The van der Waals surface area contributed by atoms with Gasteiger partial charge in [-0.1, -0.05) is 47.9 Å². The Bertz CT molecular complexity index is 1140. The van der Waals surface area contributed by atoms with E-state index >= 15 is 0 Å². The molecule has 0 saturated carbocycles. The summed E-state index contributed by atoms with van der Waals surface area (Å²) in [5.41, 5.74) is 1.76. The summed E-state index contributed by atoms with van der Waals surface area (Å²) in [6, 6.07) is 13.7. The van der Waals surface area contributed by atoms with E-state index in [4.69, 9.17) is 0 Å². The normalized spacial score (nSPS) is 11.6. The molecule has 0 aromatic heterocycles. The SMILES string of the molecule is CC(C)(C)C#Cc1c2ccccc2c(C#CC(C)(C)C)c2cc(O)ccc12. The van der Waals surface area contributed by atoms with Crippen LogP contribution in [-0.4, -0.2) is 5.11 Å². The Morgan fingerprint density at radius 1 is 0.630 bits per heavy atom. The first-order chi connectivity index (χ1) is 12.6. The van der Waals surface area contributed by atoms with Crippen molar-refractivity contribution in [1.29, 1.82) is 0 Å². The third-order valence-corrected chi connectivity index (χ3v) is 4.13. The highest BCUT2D eigenvalue weighted by atomic mass is 16.3. The average Bonchev–Trinajstić information content (AvgIpc) is 2.56. The predicted molar refractivity (Wildman–Crippen MR) is 116 cm³/mol. The monoisotopic (exact) mass is 354 g/mol. The van der Waals surface area contributed by atoms with Gasteiger partial charge in [0.05, 0.1) is 0 Å². The van der Waals surface area contributed by atoms with Crippen molar-refractivity contribution in [1.82, 2.24) is 0 Å². The van der Waals surface area contributed by atoms with Gasteiger partial charge in [-0.3, -0.25) is 0 Å². The van der Waals surface area contributed by atoms with Crippen LogP contribution in [0.25, 0.3) is 21.5 Å². The molecule has 0 bridgehead atoms. The summed E-state index contributed by atoms with van der Waals surface area (Å²) in [6.07, 6.45) is 0. The van der Waals surface area contributed by atoms with E-state index in [1.807, 2.05) is 18.2 Å². The molecular weight excluding hydrogens is 328 g/mol. The second kappa shape index (κ2) is 6.68. The fourth-order valence-electron chi connectivity index (χ4n) is 2.94. The highest BCUT2D eigenvalue weighted by molar-refractivity contribution is 6.10. The molecule has 0 unspecified atom stereocenters. The minimum atomic E-state index is -0.102. The van der Waals surface area contributed by atoms with Gasteiger partial charge in [0.25, 0.3) is 0 Å². The summed E-state index contributed by atoms with van der Waals surface area (Å²) < 4.78 is 0. The maximum absolute atomic E-state index is 10.1. The number of aromatic hydroxyl groups is 1. The molecule has 0 saturated heterocycles. The van der Waals surface area contributed by atoms with E-state index in [-0.39, 0.29) is 16.6 Å². The van der Waals surface area contributed by atoms with E-state index in [0.29, 0.717) is 0 Å². The van der Waals surface area contributed by atoms with Crippen LogP contribution in [0.5, 0.6) is 5.75 Å². The molecule has 0 heterocycles. The molecule has 3 aromatic rings. The lowest BCUT2D eigenvalue weighted by molar-refractivity contribution is 0.476. The van der Waals surface area contributed by atoms with Gasteiger partial charge in [-0.15, -0.1) is 0 Å². The zero-order chi connectivity index (χ0) is 19.8. The van der Waals surface area contributed by atoms with Crippen LogP contribution in [0.15, 0.2) is 42.5 Å². The lowest BCUT2D eigenvalue weighted by atomic mass is 9.89. The van der Waals surface area contributed by atoms with Crippen molar-refractivity contribution in [2.24, 2.45) is 10.8 Å². The van der Waals surface area contributed by atoms with Crippen LogP contribution in [0.3, 0.4) is 0 Å². The summed E-state index contributed by atoms with van der Waals surface area (Å²) >= 11 is 0. The van der Waals surface area contributed by atoms with E-state index in [9.17, 15) is 5.11 Å². The number of phenolic OH excluding ortho intramolecular Hbond substituents is 1. The fraction of sp³-hybridized carbons (Fsp3) is 0.308. The van der Waals surface area contributed by atoms with E-state index in [2.05, 4.69) is 77.4 Å².